The van der Waals surface area contributed by atoms with E-state index in [4.69, 9.17) is 0 Å². The molecule has 0 aliphatic carbocycles. The van der Waals surface area contributed by atoms with Crippen molar-refractivity contribution in [2.45, 2.75) is 19.2 Å². The number of nitrogens with zero attached hydrogens (tertiary/aromatic N) is 1. The molecule has 0 fully saturated rings. The molecule has 96 valence electrons. The molecule has 0 saturated carbocycles. The largest absolute Gasteiger partial charge is 0.417 e. The molecule has 1 atom stereocenters. The van der Waals surface area contributed by atoms with Gasteiger partial charge in [0, 0.05) is 18.0 Å². The third-order valence-electron chi connectivity index (χ3n) is 1.88. The molecule has 1 rings (SSSR count). The minimum atomic E-state index is -4.52. The molecule has 0 aromatic carbocycles. The molecule has 0 amide bonds. The summed E-state index contributed by atoms with van der Waals surface area (Å²) >= 11 is 0. The van der Waals surface area contributed by atoms with Crippen LogP contribution in [0.4, 0.5) is 13.2 Å². The molecule has 1 aromatic heterocycles. The van der Waals surface area contributed by atoms with Crippen molar-refractivity contribution < 1.29 is 25.8 Å². The molecule has 4 nitrogen and oxygen atoms in total. The monoisotopic (exact) mass is 269 g/mol. The zero-order valence-corrected chi connectivity index (χ0v) is 9.84. The van der Waals surface area contributed by atoms with Crippen molar-refractivity contribution >= 4 is 10.1 Å². The molecule has 0 N–H and O–H groups in total. The van der Waals surface area contributed by atoms with Crippen LogP contribution in [0.15, 0.2) is 18.5 Å². The van der Waals surface area contributed by atoms with Crippen LogP contribution in [0.3, 0.4) is 0 Å². The third-order valence-corrected chi connectivity index (χ3v) is 2.51. The van der Waals surface area contributed by atoms with Gasteiger partial charge in [0.25, 0.3) is 10.1 Å². The van der Waals surface area contributed by atoms with Gasteiger partial charge in [0.15, 0.2) is 0 Å². The van der Waals surface area contributed by atoms with E-state index in [2.05, 4.69) is 9.17 Å². The van der Waals surface area contributed by atoms with Gasteiger partial charge in [-0.15, -0.1) is 0 Å². The Bertz CT molecular complexity index is 498. The van der Waals surface area contributed by atoms with Crippen molar-refractivity contribution in [1.82, 2.24) is 4.98 Å². The molecule has 0 spiro atoms. The van der Waals surface area contributed by atoms with Crippen LogP contribution in [-0.2, 0) is 20.5 Å². The Morgan fingerprint density at radius 1 is 1.35 bits per heavy atom. The van der Waals surface area contributed by atoms with E-state index in [0.29, 0.717) is 6.20 Å². The average molecular weight is 269 g/mol. The Labute approximate surface area is 96.6 Å². The maximum absolute atomic E-state index is 12.4. The summed E-state index contributed by atoms with van der Waals surface area (Å²) < 4.78 is 63.3. The van der Waals surface area contributed by atoms with E-state index in [9.17, 15) is 21.6 Å². The number of hydrogen-bond acceptors (Lipinski definition) is 4. The lowest BCUT2D eigenvalue weighted by Gasteiger charge is -2.13. The Hall–Kier alpha value is -1.15. The third kappa shape index (κ3) is 4.31. The number of alkyl halides is 3. The summed E-state index contributed by atoms with van der Waals surface area (Å²) in [6.45, 7) is 1.33. The zero-order chi connectivity index (χ0) is 13.3. The van der Waals surface area contributed by atoms with E-state index >= 15 is 0 Å². The summed E-state index contributed by atoms with van der Waals surface area (Å²) in [6, 6.07) is 0.808. The first kappa shape index (κ1) is 13.9. The molecule has 17 heavy (non-hydrogen) atoms. The minimum absolute atomic E-state index is 0.0465. The molecule has 0 aliphatic heterocycles. The fourth-order valence-electron chi connectivity index (χ4n) is 1.15. The van der Waals surface area contributed by atoms with Crippen molar-refractivity contribution in [3.8, 4) is 0 Å². The second-order valence-corrected chi connectivity index (χ2v) is 5.05. The molecular formula is C9H10F3NO3S. The van der Waals surface area contributed by atoms with Crippen LogP contribution < -0.4 is 0 Å². The maximum Gasteiger partial charge on any atom is 0.417 e. The zero-order valence-electron chi connectivity index (χ0n) is 9.02. The highest BCUT2D eigenvalue weighted by atomic mass is 32.2. The van der Waals surface area contributed by atoms with Gasteiger partial charge >= 0.3 is 6.18 Å². The van der Waals surface area contributed by atoms with Crippen molar-refractivity contribution in [1.29, 1.82) is 0 Å². The first-order chi connectivity index (χ1) is 7.59. The van der Waals surface area contributed by atoms with Gasteiger partial charge in [-0.3, -0.25) is 9.17 Å². The number of pyridine rings is 1. The predicted octanol–water partition coefficient (Wildman–Crippen LogP) is 2.14. The van der Waals surface area contributed by atoms with Gasteiger partial charge in [0.05, 0.1) is 11.8 Å². The maximum atomic E-state index is 12.4. The lowest BCUT2D eigenvalue weighted by Crippen LogP contribution is -2.10. The van der Waals surface area contributed by atoms with Crippen LogP contribution in [0.25, 0.3) is 0 Å². The second-order valence-electron chi connectivity index (χ2n) is 3.45. The van der Waals surface area contributed by atoms with Crippen LogP contribution >= 0.6 is 0 Å². The molecule has 0 unspecified atom stereocenters. The quantitative estimate of drug-likeness (QED) is 0.789. The van der Waals surface area contributed by atoms with Gasteiger partial charge in [-0.05, 0) is 13.0 Å². The van der Waals surface area contributed by atoms with Crippen molar-refractivity contribution in [3.05, 3.63) is 29.6 Å². The number of rotatable bonds is 3. The first-order valence-corrected chi connectivity index (χ1v) is 6.31. The SMILES string of the molecule is C[C@H](OS(C)(=O)=O)c1cncc(C(F)(F)F)c1. The molecule has 8 heteroatoms. The summed E-state index contributed by atoms with van der Waals surface area (Å²) in [4.78, 5) is 3.41. The lowest BCUT2D eigenvalue weighted by atomic mass is 10.1. The summed E-state index contributed by atoms with van der Waals surface area (Å²) in [6.07, 6.45) is -2.92. The van der Waals surface area contributed by atoms with Crippen LogP contribution in [0.5, 0.6) is 0 Å². The van der Waals surface area contributed by atoms with E-state index in [1.165, 1.54) is 6.92 Å². The van der Waals surface area contributed by atoms with Gasteiger partial charge in [0.2, 0.25) is 0 Å². The van der Waals surface area contributed by atoms with E-state index < -0.39 is 28.0 Å². The van der Waals surface area contributed by atoms with Gasteiger partial charge < -0.3 is 0 Å². The Morgan fingerprint density at radius 2 is 1.94 bits per heavy atom. The number of aromatic nitrogens is 1. The van der Waals surface area contributed by atoms with Crippen LogP contribution in [0, 0.1) is 0 Å². The van der Waals surface area contributed by atoms with Crippen LogP contribution in [0.1, 0.15) is 24.2 Å². The highest BCUT2D eigenvalue weighted by molar-refractivity contribution is 7.86. The summed E-state index contributed by atoms with van der Waals surface area (Å²) in [7, 11) is -3.73. The second kappa shape index (κ2) is 4.61. The fraction of sp³-hybridized carbons (Fsp3) is 0.444. The predicted molar refractivity (Wildman–Crippen MR) is 53.6 cm³/mol. The molecule has 1 aromatic rings. The van der Waals surface area contributed by atoms with E-state index in [1.54, 1.807) is 0 Å². The smallest absolute Gasteiger partial charge is 0.264 e. The van der Waals surface area contributed by atoms with Crippen LogP contribution in [-0.4, -0.2) is 19.7 Å². The highest BCUT2D eigenvalue weighted by Gasteiger charge is 2.31. The normalized spacial score (nSPS) is 14.6. The first-order valence-electron chi connectivity index (χ1n) is 4.50. The lowest BCUT2D eigenvalue weighted by molar-refractivity contribution is -0.137. The fourth-order valence-corrected chi connectivity index (χ4v) is 1.79. The summed E-state index contributed by atoms with van der Waals surface area (Å²) in [5.74, 6) is 0. The standard InChI is InChI=1S/C9H10F3NO3S/c1-6(16-17(2,14)15)7-3-8(5-13-4-7)9(10,11)12/h3-6H,1-2H3/t6-/m0/s1. The molecule has 0 bridgehead atoms. The Morgan fingerprint density at radius 3 is 2.41 bits per heavy atom. The van der Waals surface area contributed by atoms with Gasteiger partial charge in [-0.25, -0.2) is 0 Å². The number of hydrogen-bond donors (Lipinski definition) is 0. The molecule has 0 saturated heterocycles. The molecular weight excluding hydrogens is 259 g/mol. The van der Waals surface area contributed by atoms with E-state index in [1.807, 2.05) is 0 Å². The molecule has 0 radical (unpaired) electrons. The van der Waals surface area contributed by atoms with Crippen molar-refractivity contribution in [2.24, 2.45) is 0 Å². The topological polar surface area (TPSA) is 56.3 Å². The minimum Gasteiger partial charge on any atom is -0.264 e. The summed E-state index contributed by atoms with van der Waals surface area (Å²) in [5.41, 5.74) is -0.899. The van der Waals surface area contributed by atoms with E-state index in [-0.39, 0.29) is 5.56 Å². The van der Waals surface area contributed by atoms with Gasteiger partial charge in [0.1, 0.15) is 6.10 Å². The van der Waals surface area contributed by atoms with Gasteiger partial charge in [-0.1, -0.05) is 0 Å². The van der Waals surface area contributed by atoms with Gasteiger partial charge in [-0.2, -0.15) is 21.6 Å². The molecule has 0 aliphatic rings. The van der Waals surface area contributed by atoms with Crippen molar-refractivity contribution in [3.63, 3.8) is 0 Å². The number of halogens is 3. The van der Waals surface area contributed by atoms with Crippen molar-refractivity contribution in [2.75, 3.05) is 6.26 Å². The average Bonchev–Trinajstić information content (AvgIpc) is 2.14. The Kier molecular flexibility index (Phi) is 3.78. The highest BCUT2D eigenvalue weighted by Crippen LogP contribution is 2.30. The molecule has 1 heterocycles. The van der Waals surface area contributed by atoms with E-state index in [0.717, 1.165) is 18.5 Å². The summed E-state index contributed by atoms with van der Waals surface area (Å²) in [5, 5.41) is 0. The Balaban J connectivity index is 3.00. The van der Waals surface area contributed by atoms with Crippen LogP contribution in [0.2, 0.25) is 0 Å².